The van der Waals surface area contributed by atoms with Crippen molar-refractivity contribution in [1.29, 1.82) is 5.26 Å². The van der Waals surface area contributed by atoms with Crippen molar-refractivity contribution in [1.82, 2.24) is 0 Å². The quantitative estimate of drug-likeness (QED) is 0.0367. The lowest BCUT2D eigenvalue weighted by Crippen LogP contribution is -2.81. The van der Waals surface area contributed by atoms with Gasteiger partial charge in [0.05, 0.1) is 6.07 Å². The Kier molecular flexibility index (Phi) is 13.2. The van der Waals surface area contributed by atoms with Crippen LogP contribution in [0.3, 0.4) is 0 Å². The summed E-state index contributed by atoms with van der Waals surface area (Å²) in [7, 11) is 0. The maximum Gasteiger partial charge on any atom is 0.278 e. The Morgan fingerprint density at radius 2 is 0.738 bits per heavy atom. The van der Waals surface area contributed by atoms with Gasteiger partial charge in [0.2, 0.25) is 0 Å². The van der Waals surface area contributed by atoms with Crippen molar-refractivity contribution >= 4 is 49.6 Å². The van der Waals surface area contributed by atoms with Crippen LogP contribution < -0.4 is 31.4 Å². The maximum atomic E-state index is 15.4. The Labute approximate surface area is 330 Å². The average Bonchev–Trinajstić information content (AvgIpc) is 3.66. The van der Waals surface area contributed by atoms with E-state index in [9.17, 15) is 52.7 Å². The first-order valence-corrected chi connectivity index (χ1v) is 17.1. The highest BCUT2D eigenvalue weighted by atomic mass is 32.1. The minimum absolute atomic E-state index is 0.610. The molecule has 0 aliphatic carbocycles. The largest absolute Gasteiger partial charge is 0.278 e. The number of unbranched alkanes of at least 4 members (excludes halogenated alkanes) is 2. The molecule has 61 heavy (non-hydrogen) atoms. The van der Waals surface area contributed by atoms with Crippen molar-refractivity contribution in [3.8, 4) is 6.07 Å². The van der Waals surface area contributed by atoms with Crippen molar-refractivity contribution in [3.63, 3.8) is 0 Å². The fourth-order valence-electron chi connectivity index (χ4n) is 6.34. The Balaban J connectivity index is 0.000000366. The van der Waals surface area contributed by atoms with Gasteiger partial charge in [-0.25, -0.2) is 87.8 Å². The molecule has 322 valence electrons. The molecule has 0 aliphatic heterocycles. The molecule has 0 spiro atoms. The maximum absolute atomic E-state index is 15.4. The van der Waals surface area contributed by atoms with E-state index < -0.39 is 144 Å². The van der Waals surface area contributed by atoms with Crippen molar-refractivity contribution in [2.75, 3.05) is 6.61 Å². The summed E-state index contributed by atoms with van der Waals surface area (Å²) < 4.78 is 297. The smallest absolute Gasteiger partial charge is 0.270 e. The van der Waals surface area contributed by atoms with Crippen LogP contribution in [-0.4, -0.2) is 12.8 Å². The number of fused-ring (bicyclic) bond motifs is 1. The lowest BCUT2D eigenvalue weighted by atomic mass is 9.12. The van der Waals surface area contributed by atoms with E-state index >= 15 is 35.1 Å². The Morgan fingerprint density at radius 1 is 0.443 bits per heavy atom. The zero-order valence-corrected chi connectivity index (χ0v) is 29.9. The van der Waals surface area contributed by atoms with Crippen LogP contribution in [0.2, 0.25) is 0 Å². The average molecular weight is 912 g/mol. The molecule has 0 unspecified atom stereocenters. The second-order valence-electron chi connectivity index (χ2n) is 12.3. The van der Waals surface area contributed by atoms with Crippen molar-refractivity contribution < 1.29 is 97.4 Å². The highest BCUT2D eigenvalue weighted by molar-refractivity contribution is 7.20. The first-order chi connectivity index (χ1) is 28.6. The van der Waals surface area contributed by atoms with Gasteiger partial charge in [-0.15, -0.1) is 21.9 Å². The molecule has 6 aromatic rings. The van der Waals surface area contributed by atoms with E-state index in [0.717, 1.165) is 18.4 Å². The third-order valence-electron chi connectivity index (χ3n) is 9.00. The molecule has 0 fully saturated rings. The van der Waals surface area contributed by atoms with Gasteiger partial charge in [-0.05, 0) is 18.9 Å². The lowest BCUT2D eigenvalue weighted by molar-refractivity contribution is -0.868. The van der Waals surface area contributed by atoms with Gasteiger partial charge >= 0.3 is 0 Å². The lowest BCUT2D eigenvalue weighted by Gasteiger charge is -2.44. The SMILES string of the molecule is Fc1c(F)c(F)c([B-](c2c(F)c(F)c(F)c(F)c2F)(c2c(F)c(F)c(F)c(F)c2F)c2c(F)c(F)c(F)c(F)c2F)c(F)c1F.N#CCCCCO[n+]1csc2ccccc21. The molecule has 0 N–H and O–H groups in total. The van der Waals surface area contributed by atoms with Crippen molar-refractivity contribution in [2.24, 2.45) is 0 Å². The summed E-state index contributed by atoms with van der Waals surface area (Å²) >= 11 is 1.67. The minimum Gasteiger partial charge on any atom is -0.270 e. The predicted molar refractivity (Wildman–Crippen MR) is 172 cm³/mol. The molecule has 0 atom stereocenters. The summed E-state index contributed by atoms with van der Waals surface area (Å²) in [6, 6.07) is 10.3. The molecular formula is C36H13BF20N2OS. The summed E-state index contributed by atoms with van der Waals surface area (Å²) in [5.41, 5.74) is -11.3. The van der Waals surface area contributed by atoms with Crippen molar-refractivity contribution in [2.45, 2.75) is 19.3 Å². The second-order valence-corrected chi connectivity index (χ2v) is 13.2. The molecular weight excluding hydrogens is 899 g/mol. The highest BCUT2D eigenvalue weighted by Crippen LogP contribution is 2.31. The third kappa shape index (κ3) is 7.33. The molecule has 0 amide bonds. The predicted octanol–water partition coefficient (Wildman–Crippen LogP) is 8.16. The first kappa shape index (κ1) is 46.0. The third-order valence-corrected chi connectivity index (χ3v) is 9.89. The van der Waals surface area contributed by atoms with Crippen molar-refractivity contribution in [3.05, 3.63) is 146 Å². The van der Waals surface area contributed by atoms with Gasteiger partial charge in [0.25, 0.3) is 11.0 Å². The van der Waals surface area contributed by atoms with Crippen LogP contribution in [0.4, 0.5) is 87.8 Å². The molecule has 1 aromatic heterocycles. The number of aromatic nitrogens is 1. The van der Waals surface area contributed by atoms with Crippen LogP contribution in [0.25, 0.3) is 10.2 Å². The monoisotopic (exact) mass is 912 g/mol. The normalized spacial score (nSPS) is 11.5. The fraction of sp³-hybridized carbons (Fsp3) is 0.111. The minimum atomic E-state index is -7.22. The van der Waals surface area contributed by atoms with Crippen LogP contribution in [0, 0.1) is 128 Å². The molecule has 6 rings (SSSR count). The molecule has 0 radical (unpaired) electrons. The summed E-state index contributed by atoms with van der Waals surface area (Å²) in [6.45, 7) is 0.660. The molecule has 25 heteroatoms. The van der Waals surface area contributed by atoms with E-state index in [1.807, 2.05) is 28.4 Å². The zero-order chi connectivity index (χ0) is 45.6. The van der Waals surface area contributed by atoms with Crippen LogP contribution >= 0.6 is 11.3 Å². The number of para-hydroxylation sites is 1. The van der Waals surface area contributed by atoms with E-state index in [1.165, 1.54) is 4.70 Å². The van der Waals surface area contributed by atoms with Crippen LogP contribution in [0.1, 0.15) is 19.3 Å². The Hall–Kier alpha value is -6.06. The van der Waals surface area contributed by atoms with Gasteiger partial charge in [-0.1, -0.05) is 23.5 Å². The molecule has 5 aromatic carbocycles. The second kappa shape index (κ2) is 17.5. The van der Waals surface area contributed by atoms with E-state index in [4.69, 9.17) is 10.1 Å². The number of halogens is 20. The summed E-state index contributed by atoms with van der Waals surface area (Å²) in [5.74, 6) is -71.4. The first-order valence-electron chi connectivity index (χ1n) is 16.2. The summed E-state index contributed by atoms with van der Waals surface area (Å²) in [6.07, 6.45) is -4.78. The van der Waals surface area contributed by atoms with Gasteiger partial charge in [0, 0.05) is 17.2 Å². The number of hydrogen-bond acceptors (Lipinski definition) is 3. The van der Waals surface area contributed by atoms with Gasteiger partial charge in [-0.2, -0.15) is 5.26 Å². The molecule has 0 bridgehead atoms. The number of hydrogen-bond donors (Lipinski definition) is 0. The number of rotatable bonds is 9. The molecule has 0 aliphatic rings. The fourth-order valence-corrected chi connectivity index (χ4v) is 7.16. The molecule has 0 saturated heterocycles. The van der Waals surface area contributed by atoms with Crippen LogP contribution in [0.5, 0.6) is 0 Å². The Morgan fingerprint density at radius 3 is 1.05 bits per heavy atom. The standard InChI is InChI=1S/C24BF20.C12H13N2OS/c26-5-1(6(27)14(35)21(42)13(5)34)25(2-7(28)15(36)22(43)16(37)8(2)29,3-9(30)17(38)23(44)18(39)10(3)31)4-11(32)19(40)24(45)20(41)12(4)33;13-8-4-1-5-9-15-14-10-16-12-7-3-2-6-11(12)14/h;2-3,6-7,10H,1,4-5,9H2/q-1;+1. The number of nitrogens with zero attached hydrogens (tertiary/aromatic N) is 2. The van der Waals surface area contributed by atoms with E-state index in [-0.39, 0.29) is 0 Å². The van der Waals surface area contributed by atoms with Gasteiger partial charge in [-0.3, -0.25) is 4.84 Å². The summed E-state index contributed by atoms with van der Waals surface area (Å²) in [4.78, 5) is 5.62. The van der Waals surface area contributed by atoms with E-state index in [0.29, 0.717) is 13.0 Å². The topological polar surface area (TPSA) is 36.9 Å². The molecule has 1 heterocycles. The van der Waals surface area contributed by atoms with Gasteiger partial charge in [0.1, 0.15) is 57.4 Å². The van der Waals surface area contributed by atoms with Crippen LogP contribution in [-0.2, 0) is 0 Å². The van der Waals surface area contributed by atoms with Crippen LogP contribution in [0.15, 0.2) is 29.8 Å². The van der Waals surface area contributed by atoms with E-state index in [1.54, 1.807) is 11.3 Å². The number of benzene rings is 5. The molecule has 0 saturated carbocycles. The van der Waals surface area contributed by atoms with Gasteiger partial charge in [0.15, 0.2) is 76.4 Å². The van der Waals surface area contributed by atoms with Gasteiger partial charge < -0.3 is 0 Å². The zero-order valence-electron chi connectivity index (χ0n) is 29.1. The van der Waals surface area contributed by atoms with E-state index in [2.05, 4.69) is 12.1 Å². The number of nitriles is 1. The Bertz CT molecular complexity index is 2390. The number of thiazole rings is 1. The summed E-state index contributed by atoms with van der Waals surface area (Å²) in [5, 5.41) is 8.40. The highest BCUT2D eigenvalue weighted by Gasteiger charge is 2.52. The molecule has 3 nitrogen and oxygen atoms in total.